The number of hydrogen-bond donors (Lipinski definition) is 1. The highest BCUT2D eigenvalue weighted by Gasteiger charge is 2.09. The molecular formula is C14H15FN2. The van der Waals surface area contributed by atoms with Gasteiger partial charge in [-0.15, -0.1) is 0 Å². The maximum absolute atomic E-state index is 13.1. The lowest BCUT2D eigenvalue weighted by Crippen LogP contribution is -2.26. The van der Waals surface area contributed by atoms with Crippen LogP contribution in [0.1, 0.15) is 24.0 Å². The van der Waals surface area contributed by atoms with Crippen LogP contribution in [-0.4, -0.2) is 13.1 Å². The van der Waals surface area contributed by atoms with Gasteiger partial charge in [-0.3, -0.25) is 0 Å². The molecule has 0 amide bonds. The van der Waals surface area contributed by atoms with E-state index in [0.717, 1.165) is 31.5 Å². The first kappa shape index (κ1) is 11.8. The summed E-state index contributed by atoms with van der Waals surface area (Å²) >= 11 is 0. The first-order valence-corrected chi connectivity index (χ1v) is 5.88. The molecule has 1 aliphatic rings. The van der Waals surface area contributed by atoms with Crippen LogP contribution in [0.5, 0.6) is 0 Å². The summed E-state index contributed by atoms with van der Waals surface area (Å²) in [5.74, 6) is 0.137. The van der Waals surface area contributed by atoms with Crippen molar-refractivity contribution in [3.63, 3.8) is 0 Å². The Morgan fingerprint density at radius 3 is 2.82 bits per heavy atom. The van der Waals surface area contributed by atoms with E-state index >= 15 is 0 Å². The van der Waals surface area contributed by atoms with E-state index in [2.05, 4.69) is 11.4 Å². The standard InChI is InChI=1S/C14H15FN2/c15-14-4-3-12(9-13(14)10-16)2-1-11-5-7-17-8-6-11/h1-4,9,11,17H,5-8H2. The molecule has 0 saturated carbocycles. The number of benzene rings is 1. The second kappa shape index (κ2) is 5.60. The highest BCUT2D eigenvalue weighted by Crippen LogP contribution is 2.16. The molecule has 0 atom stereocenters. The van der Waals surface area contributed by atoms with Crippen LogP contribution in [0.25, 0.3) is 6.08 Å². The Morgan fingerprint density at radius 2 is 2.12 bits per heavy atom. The van der Waals surface area contributed by atoms with Crippen LogP contribution in [0.2, 0.25) is 0 Å². The molecule has 1 aliphatic heterocycles. The van der Waals surface area contributed by atoms with Crippen molar-refractivity contribution in [3.05, 3.63) is 41.2 Å². The molecule has 1 fully saturated rings. The topological polar surface area (TPSA) is 35.8 Å². The molecule has 3 heteroatoms. The van der Waals surface area contributed by atoms with Crippen LogP contribution < -0.4 is 5.32 Å². The van der Waals surface area contributed by atoms with Crippen LogP contribution in [-0.2, 0) is 0 Å². The van der Waals surface area contributed by atoms with Crippen molar-refractivity contribution in [2.45, 2.75) is 12.8 Å². The number of nitrogens with one attached hydrogen (secondary N) is 1. The maximum Gasteiger partial charge on any atom is 0.140 e. The minimum Gasteiger partial charge on any atom is -0.317 e. The van der Waals surface area contributed by atoms with Gasteiger partial charge in [0.15, 0.2) is 0 Å². The van der Waals surface area contributed by atoms with Gasteiger partial charge in [-0.1, -0.05) is 18.2 Å². The van der Waals surface area contributed by atoms with Gasteiger partial charge in [0.25, 0.3) is 0 Å². The Hall–Kier alpha value is -1.66. The van der Waals surface area contributed by atoms with Gasteiger partial charge in [0.1, 0.15) is 11.9 Å². The number of nitriles is 1. The molecule has 2 nitrogen and oxygen atoms in total. The molecule has 88 valence electrons. The number of rotatable bonds is 2. The first-order valence-electron chi connectivity index (χ1n) is 5.88. The van der Waals surface area contributed by atoms with Crippen LogP contribution in [0.15, 0.2) is 24.3 Å². The largest absolute Gasteiger partial charge is 0.317 e. The SMILES string of the molecule is N#Cc1cc(C=CC2CCNCC2)ccc1F. The molecule has 1 aromatic rings. The number of allylic oxidation sites excluding steroid dienone is 1. The number of nitrogens with zero attached hydrogens (tertiary/aromatic N) is 1. The fourth-order valence-corrected chi connectivity index (χ4v) is 2.02. The molecule has 1 aromatic carbocycles. The van der Waals surface area contributed by atoms with Crippen molar-refractivity contribution in [2.24, 2.45) is 5.92 Å². The zero-order valence-corrected chi connectivity index (χ0v) is 9.62. The van der Waals surface area contributed by atoms with Gasteiger partial charge in [0.2, 0.25) is 0 Å². The van der Waals surface area contributed by atoms with E-state index in [1.165, 1.54) is 6.07 Å². The monoisotopic (exact) mass is 230 g/mol. The maximum atomic E-state index is 13.1. The summed E-state index contributed by atoms with van der Waals surface area (Å²) in [7, 11) is 0. The van der Waals surface area contributed by atoms with Gasteiger partial charge < -0.3 is 5.32 Å². The predicted molar refractivity (Wildman–Crippen MR) is 65.7 cm³/mol. The van der Waals surface area contributed by atoms with Crippen molar-refractivity contribution in [2.75, 3.05) is 13.1 Å². The molecular weight excluding hydrogens is 215 g/mol. The molecule has 0 radical (unpaired) electrons. The van der Waals surface area contributed by atoms with Crippen LogP contribution >= 0.6 is 0 Å². The van der Waals surface area contributed by atoms with Gasteiger partial charge in [-0.25, -0.2) is 4.39 Å². The van der Waals surface area contributed by atoms with Gasteiger partial charge in [0.05, 0.1) is 5.56 Å². The summed E-state index contributed by atoms with van der Waals surface area (Å²) in [6, 6.07) is 6.49. The lowest BCUT2D eigenvalue weighted by atomic mass is 9.97. The quantitative estimate of drug-likeness (QED) is 0.848. The van der Waals surface area contributed by atoms with Crippen LogP contribution in [0, 0.1) is 23.1 Å². The smallest absolute Gasteiger partial charge is 0.140 e. The molecule has 2 rings (SSSR count). The number of piperidine rings is 1. The van der Waals surface area contributed by atoms with Crippen molar-refractivity contribution < 1.29 is 4.39 Å². The summed E-state index contributed by atoms with van der Waals surface area (Å²) < 4.78 is 13.1. The Labute approximate surface area is 101 Å². The van der Waals surface area contributed by atoms with E-state index in [1.54, 1.807) is 12.1 Å². The molecule has 0 aromatic heterocycles. The molecule has 0 bridgehead atoms. The van der Waals surface area contributed by atoms with E-state index < -0.39 is 5.82 Å². The summed E-state index contributed by atoms with van der Waals surface area (Å²) in [4.78, 5) is 0. The lowest BCUT2D eigenvalue weighted by molar-refractivity contribution is 0.438. The van der Waals surface area contributed by atoms with Crippen molar-refractivity contribution in [1.82, 2.24) is 5.32 Å². The number of halogens is 1. The molecule has 1 heterocycles. The summed E-state index contributed by atoms with van der Waals surface area (Å²) in [6.45, 7) is 2.11. The number of hydrogen-bond acceptors (Lipinski definition) is 2. The van der Waals surface area contributed by atoms with Crippen molar-refractivity contribution >= 4 is 6.08 Å². The summed E-state index contributed by atoms with van der Waals surface area (Å²) in [5.41, 5.74) is 0.999. The third-order valence-corrected chi connectivity index (χ3v) is 3.06. The molecule has 17 heavy (non-hydrogen) atoms. The Kier molecular flexibility index (Phi) is 3.89. The Balaban J connectivity index is 2.07. The summed E-state index contributed by atoms with van der Waals surface area (Å²) in [6.07, 6.45) is 6.43. The van der Waals surface area contributed by atoms with Crippen molar-refractivity contribution in [3.8, 4) is 6.07 Å². The highest BCUT2D eigenvalue weighted by molar-refractivity contribution is 5.52. The third-order valence-electron chi connectivity index (χ3n) is 3.06. The normalized spacial score (nSPS) is 17.2. The van der Waals surface area contributed by atoms with Gasteiger partial charge in [0, 0.05) is 0 Å². The second-order valence-electron chi connectivity index (χ2n) is 4.30. The van der Waals surface area contributed by atoms with Gasteiger partial charge in [-0.2, -0.15) is 5.26 Å². The second-order valence-corrected chi connectivity index (χ2v) is 4.30. The fraction of sp³-hybridized carbons (Fsp3) is 0.357. The van der Waals surface area contributed by atoms with Crippen molar-refractivity contribution in [1.29, 1.82) is 5.26 Å². The summed E-state index contributed by atoms with van der Waals surface area (Å²) in [5, 5.41) is 12.0. The minimum absolute atomic E-state index is 0.109. The molecule has 0 spiro atoms. The van der Waals surface area contributed by atoms with Crippen LogP contribution in [0.4, 0.5) is 4.39 Å². The molecule has 0 unspecified atom stereocenters. The van der Waals surface area contributed by atoms with E-state index in [0.29, 0.717) is 5.92 Å². The average Bonchev–Trinajstić information content (AvgIpc) is 2.39. The van der Waals surface area contributed by atoms with E-state index in [9.17, 15) is 4.39 Å². The van der Waals surface area contributed by atoms with E-state index in [4.69, 9.17) is 5.26 Å². The average molecular weight is 230 g/mol. The lowest BCUT2D eigenvalue weighted by Gasteiger charge is -2.19. The molecule has 1 saturated heterocycles. The first-order chi connectivity index (χ1) is 8.29. The van der Waals surface area contributed by atoms with Gasteiger partial charge >= 0.3 is 0 Å². The molecule has 0 aliphatic carbocycles. The fourth-order valence-electron chi connectivity index (χ4n) is 2.02. The minimum atomic E-state index is -0.452. The van der Waals surface area contributed by atoms with Gasteiger partial charge in [-0.05, 0) is 49.5 Å². The third kappa shape index (κ3) is 3.15. The van der Waals surface area contributed by atoms with E-state index in [-0.39, 0.29) is 5.56 Å². The van der Waals surface area contributed by atoms with Crippen LogP contribution in [0.3, 0.4) is 0 Å². The molecule has 1 N–H and O–H groups in total. The van der Waals surface area contributed by atoms with E-state index in [1.807, 2.05) is 12.1 Å². The zero-order chi connectivity index (χ0) is 12.1. The zero-order valence-electron chi connectivity index (χ0n) is 9.62. The highest BCUT2D eigenvalue weighted by atomic mass is 19.1. The Morgan fingerprint density at radius 1 is 1.35 bits per heavy atom. The Bertz CT molecular complexity index is 454. The predicted octanol–water partition coefficient (Wildman–Crippen LogP) is 2.71.